The van der Waals surface area contributed by atoms with Gasteiger partial charge in [-0.2, -0.15) is 0 Å². The molecule has 1 heterocycles. The van der Waals surface area contributed by atoms with Crippen LogP contribution in [0.15, 0.2) is 42.7 Å². The number of nitrogens with one attached hydrogen (secondary N) is 1. The predicted molar refractivity (Wildman–Crippen MR) is 75.8 cm³/mol. The van der Waals surface area contributed by atoms with Crippen LogP contribution < -0.4 is 5.32 Å². The molecular formula is C15H16ClFN2. The Morgan fingerprint density at radius 3 is 2.68 bits per heavy atom. The van der Waals surface area contributed by atoms with Gasteiger partial charge in [-0.1, -0.05) is 30.7 Å². The Morgan fingerprint density at radius 2 is 2.00 bits per heavy atom. The molecule has 2 rings (SSSR count). The summed E-state index contributed by atoms with van der Waals surface area (Å²) in [5.41, 5.74) is 1.93. The molecular weight excluding hydrogens is 263 g/mol. The fraction of sp³-hybridized carbons (Fsp3) is 0.267. The molecule has 4 heteroatoms. The van der Waals surface area contributed by atoms with Crippen LogP contribution in [0.1, 0.15) is 24.1 Å². The molecule has 0 bridgehead atoms. The fourth-order valence-corrected chi connectivity index (χ4v) is 2.34. The molecule has 0 saturated carbocycles. The maximum absolute atomic E-state index is 13.5. The van der Waals surface area contributed by atoms with Crippen molar-refractivity contribution in [2.75, 3.05) is 6.54 Å². The molecule has 0 fully saturated rings. The Bertz CT molecular complexity index is 531. The van der Waals surface area contributed by atoms with Crippen LogP contribution in [0.5, 0.6) is 0 Å². The van der Waals surface area contributed by atoms with Crippen LogP contribution in [0.2, 0.25) is 5.02 Å². The van der Waals surface area contributed by atoms with Crippen molar-refractivity contribution in [1.29, 1.82) is 0 Å². The molecule has 1 aromatic heterocycles. The number of nitrogens with zero attached hydrogens (tertiary/aromatic N) is 1. The maximum atomic E-state index is 13.5. The highest BCUT2D eigenvalue weighted by Gasteiger charge is 2.16. The van der Waals surface area contributed by atoms with E-state index in [0.29, 0.717) is 0 Å². The topological polar surface area (TPSA) is 24.9 Å². The molecule has 1 atom stereocenters. The Morgan fingerprint density at radius 1 is 1.26 bits per heavy atom. The molecule has 0 spiro atoms. The molecule has 2 nitrogen and oxygen atoms in total. The van der Waals surface area contributed by atoms with Gasteiger partial charge in [-0.3, -0.25) is 4.98 Å². The normalized spacial score (nSPS) is 12.4. The second-order valence-corrected chi connectivity index (χ2v) is 4.69. The Hall–Kier alpha value is -1.45. The number of aromatic nitrogens is 1. The lowest BCUT2D eigenvalue weighted by Gasteiger charge is -2.20. The van der Waals surface area contributed by atoms with E-state index in [1.165, 1.54) is 6.07 Å². The summed E-state index contributed by atoms with van der Waals surface area (Å²) in [6.45, 7) is 2.81. The predicted octanol–water partition coefficient (Wildman–Crippen LogP) is 3.77. The lowest BCUT2D eigenvalue weighted by Crippen LogP contribution is -2.23. The summed E-state index contributed by atoms with van der Waals surface area (Å²) < 4.78 is 13.5. The lowest BCUT2D eigenvalue weighted by atomic mass is 9.99. The van der Waals surface area contributed by atoms with Crippen molar-refractivity contribution < 1.29 is 4.39 Å². The summed E-state index contributed by atoms with van der Waals surface area (Å²) in [6.07, 6.45) is 4.26. The quantitative estimate of drug-likeness (QED) is 0.901. The van der Waals surface area contributed by atoms with Crippen molar-refractivity contribution in [1.82, 2.24) is 10.3 Å². The van der Waals surface area contributed by atoms with Gasteiger partial charge in [0.05, 0.1) is 5.02 Å². The van der Waals surface area contributed by atoms with Gasteiger partial charge in [-0.25, -0.2) is 4.39 Å². The van der Waals surface area contributed by atoms with Gasteiger partial charge in [-0.05, 0) is 42.3 Å². The van der Waals surface area contributed by atoms with E-state index in [1.54, 1.807) is 18.5 Å². The minimum Gasteiger partial charge on any atom is -0.310 e. The van der Waals surface area contributed by atoms with Gasteiger partial charge in [-0.15, -0.1) is 0 Å². The average molecular weight is 279 g/mol. The third-order valence-corrected chi connectivity index (χ3v) is 3.40. The van der Waals surface area contributed by atoms with E-state index in [4.69, 9.17) is 11.6 Å². The summed E-state index contributed by atoms with van der Waals surface area (Å²) in [7, 11) is 0. The fourth-order valence-electron chi connectivity index (χ4n) is 2.08. The first-order chi connectivity index (χ1) is 9.22. The molecule has 2 aromatic rings. The molecule has 0 aliphatic carbocycles. The van der Waals surface area contributed by atoms with Crippen molar-refractivity contribution >= 4 is 11.6 Å². The van der Waals surface area contributed by atoms with Crippen LogP contribution in [0.4, 0.5) is 4.39 Å². The molecule has 1 N–H and O–H groups in total. The van der Waals surface area contributed by atoms with E-state index >= 15 is 0 Å². The Labute approximate surface area is 117 Å². The van der Waals surface area contributed by atoms with Crippen LogP contribution >= 0.6 is 11.6 Å². The molecule has 0 amide bonds. The molecule has 19 heavy (non-hydrogen) atoms. The molecule has 0 aliphatic rings. The summed E-state index contributed by atoms with van der Waals surface area (Å²) in [4.78, 5) is 4.00. The number of pyridine rings is 1. The third-order valence-electron chi connectivity index (χ3n) is 3.00. The first-order valence-electron chi connectivity index (χ1n) is 6.28. The largest absolute Gasteiger partial charge is 0.310 e. The average Bonchev–Trinajstić information content (AvgIpc) is 2.43. The van der Waals surface area contributed by atoms with Crippen LogP contribution in [0.3, 0.4) is 0 Å². The number of hydrogen-bond acceptors (Lipinski definition) is 2. The molecule has 0 saturated heterocycles. The number of likely N-dealkylation sites (N-methyl/N-ethyl adjacent to an activating group) is 1. The summed E-state index contributed by atoms with van der Waals surface area (Å²) >= 11 is 6.06. The highest BCUT2D eigenvalue weighted by atomic mass is 35.5. The van der Waals surface area contributed by atoms with Crippen molar-refractivity contribution in [2.24, 2.45) is 0 Å². The van der Waals surface area contributed by atoms with Crippen molar-refractivity contribution in [3.63, 3.8) is 0 Å². The smallest absolute Gasteiger partial charge is 0.142 e. The summed E-state index contributed by atoms with van der Waals surface area (Å²) in [6, 6.07) is 8.83. The number of benzene rings is 1. The molecule has 1 unspecified atom stereocenters. The number of halogens is 2. The summed E-state index contributed by atoms with van der Waals surface area (Å²) in [5.74, 6) is -0.378. The lowest BCUT2D eigenvalue weighted by molar-refractivity contribution is 0.543. The van der Waals surface area contributed by atoms with Crippen LogP contribution in [-0.2, 0) is 6.42 Å². The van der Waals surface area contributed by atoms with E-state index in [-0.39, 0.29) is 16.9 Å². The minimum atomic E-state index is -0.378. The molecule has 0 radical (unpaired) electrons. The Kier molecular flexibility index (Phi) is 4.88. The number of hydrogen-bond donors (Lipinski definition) is 1. The highest BCUT2D eigenvalue weighted by molar-refractivity contribution is 6.31. The van der Waals surface area contributed by atoms with Gasteiger partial charge >= 0.3 is 0 Å². The van der Waals surface area contributed by atoms with Crippen LogP contribution in [0, 0.1) is 5.82 Å². The molecule has 0 aliphatic heterocycles. The third kappa shape index (κ3) is 3.52. The SMILES string of the molecule is CCNC(Cc1ccncc1)c1cccc(F)c1Cl. The standard InChI is InChI=1S/C15H16ClFN2/c1-2-19-14(10-11-6-8-18-9-7-11)12-4-3-5-13(17)15(12)16/h3-9,14,19H,2,10H2,1H3. The van der Waals surface area contributed by atoms with E-state index in [1.807, 2.05) is 25.1 Å². The summed E-state index contributed by atoms with van der Waals surface area (Å²) in [5, 5.41) is 3.54. The molecule has 100 valence electrons. The Balaban J connectivity index is 2.27. The second-order valence-electron chi connectivity index (χ2n) is 4.31. The van der Waals surface area contributed by atoms with Gasteiger partial charge in [0.1, 0.15) is 5.82 Å². The van der Waals surface area contributed by atoms with Crippen molar-refractivity contribution in [3.8, 4) is 0 Å². The van der Waals surface area contributed by atoms with Crippen LogP contribution in [-0.4, -0.2) is 11.5 Å². The second kappa shape index (κ2) is 6.64. The maximum Gasteiger partial charge on any atom is 0.142 e. The first kappa shape index (κ1) is 14.0. The van der Waals surface area contributed by atoms with E-state index in [2.05, 4.69) is 10.3 Å². The molecule has 1 aromatic carbocycles. The minimum absolute atomic E-state index is 0.00407. The van der Waals surface area contributed by atoms with Gasteiger partial charge < -0.3 is 5.32 Å². The zero-order valence-corrected chi connectivity index (χ0v) is 11.5. The monoisotopic (exact) mass is 278 g/mol. The highest BCUT2D eigenvalue weighted by Crippen LogP contribution is 2.27. The zero-order chi connectivity index (χ0) is 13.7. The first-order valence-corrected chi connectivity index (χ1v) is 6.66. The van der Waals surface area contributed by atoms with Gasteiger partial charge in [0, 0.05) is 18.4 Å². The van der Waals surface area contributed by atoms with Gasteiger partial charge in [0.25, 0.3) is 0 Å². The zero-order valence-electron chi connectivity index (χ0n) is 10.7. The van der Waals surface area contributed by atoms with Gasteiger partial charge in [0.2, 0.25) is 0 Å². The van der Waals surface area contributed by atoms with Crippen LogP contribution in [0.25, 0.3) is 0 Å². The van der Waals surface area contributed by atoms with Gasteiger partial charge in [0.15, 0.2) is 0 Å². The van der Waals surface area contributed by atoms with E-state index in [9.17, 15) is 4.39 Å². The number of rotatable bonds is 5. The van der Waals surface area contributed by atoms with Crippen molar-refractivity contribution in [2.45, 2.75) is 19.4 Å². The van der Waals surface area contributed by atoms with E-state index in [0.717, 1.165) is 24.1 Å². The van der Waals surface area contributed by atoms with Crippen molar-refractivity contribution in [3.05, 3.63) is 64.7 Å². The van der Waals surface area contributed by atoms with E-state index < -0.39 is 0 Å².